The molecule has 0 bridgehead atoms. The first-order chi connectivity index (χ1) is 18.7. The first kappa shape index (κ1) is 31.2. The van der Waals surface area contributed by atoms with E-state index in [4.69, 9.17) is 0 Å². The van der Waals surface area contributed by atoms with E-state index in [0.29, 0.717) is 18.5 Å². The number of likely N-dealkylation sites (tertiary alicyclic amines) is 1. The molecule has 1 fully saturated rings. The van der Waals surface area contributed by atoms with Gasteiger partial charge in [0, 0.05) is 12.6 Å². The molecular weight excluding hydrogens is 660 g/mol. The highest BCUT2D eigenvalue weighted by molar-refractivity contribution is 14.1. The summed E-state index contributed by atoms with van der Waals surface area (Å²) >= 11 is 1.28. The molecular formula is C28H34F3IN2O5S. The van der Waals surface area contributed by atoms with Crippen molar-refractivity contribution >= 4 is 38.3 Å². The zero-order valence-corrected chi connectivity index (χ0v) is 25.1. The monoisotopic (exact) mass is 694 g/mol. The highest BCUT2D eigenvalue weighted by Crippen LogP contribution is 2.34. The minimum Gasteiger partial charge on any atom is -0.388 e. The largest absolute Gasteiger partial charge is 0.416 e. The fourth-order valence-corrected chi connectivity index (χ4v) is 7.55. The number of rotatable bonds is 8. The van der Waals surface area contributed by atoms with Crippen molar-refractivity contribution in [2.45, 2.75) is 84.9 Å². The number of piperidine rings is 1. The Kier molecular flexibility index (Phi) is 9.55. The molecule has 2 aliphatic rings. The number of hydrogen-bond donors (Lipinski definition) is 3. The average molecular weight is 695 g/mol. The number of halogens is 4. The Balaban J connectivity index is 1.44. The Bertz CT molecular complexity index is 1340. The number of aliphatic hydroxyl groups excluding tert-OH is 1. The van der Waals surface area contributed by atoms with E-state index < -0.39 is 53.9 Å². The molecule has 1 heterocycles. The fourth-order valence-electron chi connectivity index (χ4n) is 5.43. The summed E-state index contributed by atoms with van der Waals surface area (Å²) < 4.78 is 62.1. The molecule has 220 valence electrons. The smallest absolute Gasteiger partial charge is 0.388 e. The minimum atomic E-state index is -4.75. The third kappa shape index (κ3) is 7.18. The van der Waals surface area contributed by atoms with Crippen LogP contribution in [0.25, 0.3) is 0 Å². The zero-order chi connectivity index (χ0) is 29.3. The maximum Gasteiger partial charge on any atom is 0.416 e. The Hall–Kier alpha value is -1.74. The van der Waals surface area contributed by atoms with Crippen molar-refractivity contribution in [1.29, 1.82) is 0 Å². The average Bonchev–Trinajstić information content (AvgIpc) is 2.89. The lowest BCUT2D eigenvalue weighted by molar-refractivity contribution is -0.138. The molecule has 2 aromatic rings. The van der Waals surface area contributed by atoms with E-state index in [2.05, 4.69) is 23.2 Å². The van der Waals surface area contributed by atoms with Crippen molar-refractivity contribution in [2.24, 2.45) is 0 Å². The second kappa shape index (κ2) is 12.2. The van der Waals surface area contributed by atoms with Gasteiger partial charge in [0.1, 0.15) is 6.10 Å². The van der Waals surface area contributed by atoms with Crippen LogP contribution in [0.2, 0.25) is 0 Å². The topological polar surface area (TPSA) is 107 Å². The summed E-state index contributed by atoms with van der Waals surface area (Å²) in [6, 6.07) is 9.38. The number of nitrogens with zero attached hydrogens (tertiary/aromatic N) is 1. The van der Waals surface area contributed by atoms with Gasteiger partial charge in [0.25, 0.3) is 5.91 Å². The molecule has 12 heteroatoms. The SMILES string of the molecule is C[C@@H]1CCCCN1Cc1ccc2c(c1)CCC[C@H]2NC(=O)[C@@](O)(I)[C@H](O)CS(=O)(=O)c1cccc(C(F)(F)F)c1. The second-order valence-corrected chi connectivity index (χ2v) is 14.4. The molecule has 7 nitrogen and oxygen atoms in total. The Morgan fingerprint density at radius 2 is 1.90 bits per heavy atom. The van der Waals surface area contributed by atoms with Crippen LogP contribution in [0.1, 0.15) is 67.3 Å². The van der Waals surface area contributed by atoms with Gasteiger partial charge in [-0.1, -0.05) is 30.7 Å². The molecule has 0 radical (unpaired) electrons. The number of carbonyl (C=O) groups excluding carboxylic acids is 1. The van der Waals surface area contributed by atoms with Crippen LogP contribution in [0, 0.1) is 0 Å². The van der Waals surface area contributed by atoms with Gasteiger partial charge in [-0.25, -0.2) is 8.42 Å². The number of amides is 1. The number of hydrogen-bond acceptors (Lipinski definition) is 6. The first-order valence-electron chi connectivity index (χ1n) is 13.3. The summed E-state index contributed by atoms with van der Waals surface area (Å²) in [4.78, 5) is 14.9. The van der Waals surface area contributed by atoms with Crippen LogP contribution in [0.5, 0.6) is 0 Å². The number of aliphatic hydroxyl groups is 2. The van der Waals surface area contributed by atoms with Gasteiger partial charge < -0.3 is 15.5 Å². The highest BCUT2D eigenvalue weighted by Gasteiger charge is 2.44. The van der Waals surface area contributed by atoms with E-state index in [1.165, 1.54) is 47.4 Å². The molecule has 0 unspecified atom stereocenters. The van der Waals surface area contributed by atoms with Crippen molar-refractivity contribution in [2.75, 3.05) is 12.3 Å². The number of carbonyl (C=O) groups is 1. The maximum atomic E-state index is 13.1. The lowest BCUT2D eigenvalue weighted by Crippen LogP contribution is -2.53. The van der Waals surface area contributed by atoms with Crippen molar-refractivity contribution < 1.29 is 36.6 Å². The van der Waals surface area contributed by atoms with E-state index in [9.17, 15) is 36.6 Å². The number of alkyl halides is 4. The summed E-state index contributed by atoms with van der Waals surface area (Å²) in [6.07, 6.45) is -0.974. The number of nitrogens with one attached hydrogen (secondary N) is 1. The number of fused-ring (bicyclic) bond motifs is 1. The Morgan fingerprint density at radius 3 is 2.60 bits per heavy atom. The molecule has 1 aliphatic heterocycles. The molecule has 4 rings (SSSR count). The molecule has 1 saturated heterocycles. The van der Waals surface area contributed by atoms with Crippen LogP contribution < -0.4 is 5.32 Å². The lowest BCUT2D eigenvalue weighted by Gasteiger charge is -2.34. The summed E-state index contributed by atoms with van der Waals surface area (Å²) in [5, 5.41) is 24.2. The quantitative estimate of drug-likeness (QED) is 0.277. The lowest BCUT2D eigenvalue weighted by atomic mass is 9.86. The fraction of sp³-hybridized carbons (Fsp3) is 0.536. The van der Waals surface area contributed by atoms with Crippen molar-refractivity contribution in [3.63, 3.8) is 0 Å². The molecule has 0 aromatic heterocycles. The minimum absolute atomic E-state index is 0.437. The summed E-state index contributed by atoms with van der Waals surface area (Å²) in [5.74, 6) is -2.11. The van der Waals surface area contributed by atoms with Crippen molar-refractivity contribution in [3.05, 3.63) is 64.7 Å². The Morgan fingerprint density at radius 1 is 1.15 bits per heavy atom. The van der Waals surface area contributed by atoms with E-state index in [1.54, 1.807) is 0 Å². The molecule has 40 heavy (non-hydrogen) atoms. The number of benzene rings is 2. The second-order valence-electron chi connectivity index (χ2n) is 10.8. The zero-order valence-electron chi connectivity index (χ0n) is 22.1. The summed E-state index contributed by atoms with van der Waals surface area (Å²) in [7, 11) is -4.46. The number of sulfone groups is 1. The van der Waals surface area contributed by atoms with E-state index in [0.717, 1.165) is 55.3 Å². The van der Waals surface area contributed by atoms with Crippen LogP contribution in [-0.4, -0.2) is 57.5 Å². The summed E-state index contributed by atoms with van der Waals surface area (Å²) in [5.41, 5.74) is 2.05. The van der Waals surface area contributed by atoms with Gasteiger partial charge in [0.15, 0.2) is 9.84 Å². The Labute approximate surface area is 246 Å². The molecule has 2 aromatic carbocycles. The van der Waals surface area contributed by atoms with Gasteiger partial charge in [0.05, 0.1) is 22.3 Å². The van der Waals surface area contributed by atoms with Crippen molar-refractivity contribution in [1.82, 2.24) is 10.2 Å². The van der Waals surface area contributed by atoms with Crippen LogP contribution in [0.4, 0.5) is 13.2 Å². The predicted octanol–water partition coefficient (Wildman–Crippen LogP) is 4.53. The van der Waals surface area contributed by atoms with Gasteiger partial charge in [-0.3, -0.25) is 9.69 Å². The normalized spacial score (nSPS) is 22.7. The van der Waals surface area contributed by atoms with E-state index in [-0.39, 0.29) is 0 Å². The molecule has 4 atom stereocenters. The maximum absolute atomic E-state index is 13.1. The van der Waals surface area contributed by atoms with Gasteiger partial charge in [-0.2, -0.15) is 13.2 Å². The van der Waals surface area contributed by atoms with Gasteiger partial charge in [-0.05, 0) is 103 Å². The third-order valence-electron chi connectivity index (χ3n) is 7.81. The van der Waals surface area contributed by atoms with Gasteiger partial charge in [-0.15, -0.1) is 0 Å². The third-order valence-corrected chi connectivity index (χ3v) is 10.7. The molecule has 1 aliphatic carbocycles. The van der Waals surface area contributed by atoms with E-state index in [1.807, 2.05) is 12.1 Å². The predicted molar refractivity (Wildman–Crippen MR) is 152 cm³/mol. The van der Waals surface area contributed by atoms with Crippen LogP contribution >= 0.6 is 22.6 Å². The van der Waals surface area contributed by atoms with Crippen LogP contribution in [-0.2, 0) is 33.8 Å². The van der Waals surface area contributed by atoms with Gasteiger partial charge >= 0.3 is 6.18 Å². The molecule has 1 amide bonds. The highest BCUT2D eigenvalue weighted by atomic mass is 127. The molecule has 0 spiro atoms. The van der Waals surface area contributed by atoms with Gasteiger partial charge in [0.2, 0.25) is 3.61 Å². The van der Waals surface area contributed by atoms with E-state index >= 15 is 0 Å². The summed E-state index contributed by atoms with van der Waals surface area (Å²) in [6.45, 7) is 4.16. The van der Waals surface area contributed by atoms with Crippen molar-refractivity contribution in [3.8, 4) is 0 Å². The van der Waals surface area contributed by atoms with Crippen LogP contribution in [0.15, 0.2) is 47.4 Å². The standard InChI is InChI=1S/C28H34F3IN2O5S/c1-18-6-2-3-13-34(18)16-19-11-12-23-20(14-19)7-4-10-24(23)33-26(36)27(32,37)25(35)17-40(38,39)22-9-5-8-21(15-22)28(29,30)31/h5,8-9,11-12,14-15,18,24-25,35,37H,2-4,6-7,10,13,16-17H2,1H3,(H,33,36)/t18-,24-,25-,27-/m1/s1. The first-order valence-corrected chi connectivity index (χ1v) is 16.1. The number of aryl methyl sites for hydroxylation is 1. The molecule has 0 saturated carbocycles. The van der Waals surface area contributed by atoms with Crippen LogP contribution in [0.3, 0.4) is 0 Å². The molecule has 3 N–H and O–H groups in total.